The van der Waals surface area contributed by atoms with Crippen LogP contribution in [0.3, 0.4) is 0 Å². The van der Waals surface area contributed by atoms with Gasteiger partial charge in [0.1, 0.15) is 11.6 Å². The zero-order valence-corrected chi connectivity index (χ0v) is 88.2. The average molecular weight is 2090 g/mol. The van der Waals surface area contributed by atoms with E-state index in [0.717, 1.165) is 250 Å². The van der Waals surface area contributed by atoms with Crippen molar-refractivity contribution < 1.29 is 43.6 Å². The number of aromatic nitrogens is 8. The molecule has 142 heavy (non-hydrogen) atoms. The number of benzene rings is 5. The van der Waals surface area contributed by atoms with Crippen molar-refractivity contribution in [2.45, 2.75) is 208 Å². The Morgan fingerprint density at radius 2 is 0.704 bits per heavy atom. The predicted molar refractivity (Wildman–Crippen MR) is 564 cm³/mol. The maximum atomic E-state index is 14.5. The Hall–Kier alpha value is -9.21. The molecule has 3 aliphatic carbocycles. The van der Waals surface area contributed by atoms with Gasteiger partial charge in [-0.15, -0.1) is 0 Å². The number of rotatable bonds is 28. The summed E-state index contributed by atoms with van der Waals surface area (Å²) in [6.45, 7) is 38.7. The van der Waals surface area contributed by atoms with Crippen molar-refractivity contribution in [3.8, 4) is 0 Å². The van der Waals surface area contributed by atoms with E-state index < -0.39 is 45.8 Å². The molecule has 8 N–H and O–H groups in total. The number of aliphatic hydroxyl groups excluding tert-OH is 1. The van der Waals surface area contributed by atoms with Crippen LogP contribution in [0.15, 0.2) is 120 Å². The third-order valence-electron chi connectivity index (χ3n) is 32.8. The monoisotopic (exact) mass is 2080 g/mol. The summed E-state index contributed by atoms with van der Waals surface area (Å²) in [7, 11) is 0. The molecule has 11 fully saturated rings. The van der Waals surface area contributed by atoms with Crippen LogP contribution < -0.4 is 40.9 Å². The molecule has 8 atom stereocenters. The number of aliphatic carboxylic acids is 3. The molecule has 34 heteroatoms. The molecule has 12 heterocycles. The first-order valence-electron chi connectivity index (χ1n) is 51.1. The largest absolute Gasteiger partial charge is 0.481 e. The third kappa shape index (κ3) is 23.9. The predicted octanol–water partition coefficient (Wildman–Crippen LogP) is 21.0. The zero-order chi connectivity index (χ0) is 100. The molecular formula is C108H139BrCl4F2N20O7. The molecular weight excluding hydrogens is 1950 g/mol. The lowest BCUT2D eigenvalue weighted by Crippen LogP contribution is -2.58. The maximum absolute atomic E-state index is 14.5. The van der Waals surface area contributed by atoms with E-state index in [4.69, 9.17) is 61.4 Å². The number of carboxylic acid groups (broad SMARTS) is 3. The highest BCUT2D eigenvalue weighted by Crippen LogP contribution is 2.51. The number of hydrogen-bond donors (Lipinski definition) is 8. The number of carboxylic acids is 3. The highest BCUT2D eigenvalue weighted by atomic mass is 79.9. The third-order valence-corrected chi connectivity index (χ3v) is 34.7. The Balaban J connectivity index is 0.000000131. The van der Waals surface area contributed by atoms with Crippen LogP contribution in [0.4, 0.5) is 55.8 Å². The van der Waals surface area contributed by atoms with Crippen LogP contribution in [0.2, 0.25) is 20.1 Å². The highest BCUT2D eigenvalue weighted by molar-refractivity contribution is 9.10. The smallest absolute Gasteiger partial charge is 0.309 e. The molecule has 762 valence electrons. The summed E-state index contributed by atoms with van der Waals surface area (Å²) in [5.41, 5.74) is 7.64. The van der Waals surface area contributed by atoms with E-state index in [1.54, 1.807) is 0 Å². The fourth-order valence-corrected chi connectivity index (χ4v) is 25.3. The Morgan fingerprint density at radius 1 is 0.401 bits per heavy atom. The molecule has 0 bridgehead atoms. The normalized spacial score (nSPS) is 26.0. The van der Waals surface area contributed by atoms with Crippen molar-refractivity contribution in [1.29, 1.82) is 0 Å². The zero-order valence-electron chi connectivity index (χ0n) is 83.6. The van der Waals surface area contributed by atoms with Crippen LogP contribution in [0.25, 0.3) is 10.9 Å². The van der Waals surface area contributed by atoms with E-state index in [-0.39, 0.29) is 42.4 Å². The molecule has 3 saturated carbocycles. The van der Waals surface area contributed by atoms with Gasteiger partial charge in [-0.05, 0) is 336 Å². The summed E-state index contributed by atoms with van der Waals surface area (Å²) in [5.74, 6) is 6.61. The minimum Gasteiger partial charge on any atom is -0.481 e. The van der Waals surface area contributed by atoms with E-state index >= 15 is 0 Å². The summed E-state index contributed by atoms with van der Waals surface area (Å²) in [4.78, 5) is 90.1. The van der Waals surface area contributed by atoms with Crippen LogP contribution in [-0.4, -0.2) is 234 Å². The quantitative estimate of drug-likeness (QED) is 0.0226. The number of piperidine rings is 4. The van der Waals surface area contributed by atoms with Gasteiger partial charge in [-0.25, -0.2) is 28.7 Å². The molecule has 9 aromatic rings. The van der Waals surface area contributed by atoms with E-state index in [2.05, 4.69) is 152 Å². The number of aliphatic hydroxyl groups is 1. The van der Waals surface area contributed by atoms with Crippen LogP contribution >= 0.6 is 62.3 Å². The fourth-order valence-electron chi connectivity index (χ4n) is 23.4. The minimum atomic E-state index is -0.675. The molecule has 0 amide bonds. The number of aryl methyl sites for hydroxylation is 4. The average Bonchev–Trinajstić information content (AvgIpc) is 0.764. The molecule has 4 aromatic heterocycles. The molecule has 0 spiro atoms. The van der Waals surface area contributed by atoms with Gasteiger partial charge in [0.25, 0.3) is 0 Å². The number of likely N-dealkylation sites (tertiary alicyclic amines) is 4. The Morgan fingerprint density at radius 3 is 1.05 bits per heavy atom. The van der Waals surface area contributed by atoms with Crippen molar-refractivity contribution in [2.24, 2.45) is 63.6 Å². The number of β-amino-alcohol motifs (C(OH)–C–C–N with tert-alkyl or cyclic N) is 1. The lowest BCUT2D eigenvalue weighted by molar-refractivity contribution is -0.159. The molecule has 8 saturated heterocycles. The van der Waals surface area contributed by atoms with E-state index in [9.17, 15) is 43.6 Å². The molecule has 27 nitrogen and oxygen atoms in total. The van der Waals surface area contributed by atoms with Crippen molar-refractivity contribution in [1.82, 2.24) is 59.5 Å². The van der Waals surface area contributed by atoms with Gasteiger partial charge >= 0.3 is 17.9 Å². The van der Waals surface area contributed by atoms with Gasteiger partial charge in [0.15, 0.2) is 23.3 Å². The van der Waals surface area contributed by atoms with Gasteiger partial charge in [0.2, 0.25) is 23.8 Å². The highest BCUT2D eigenvalue weighted by Gasteiger charge is 2.54. The van der Waals surface area contributed by atoms with Gasteiger partial charge in [-0.1, -0.05) is 107 Å². The first-order valence-corrected chi connectivity index (χ1v) is 53.4. The number of nitrogens with one attached hydrogen (secondary N) is 4. The van der Waals surface area contributed by atoms with E-state index in [1.807, 2.05) is 129 Å². The van der Waals surface area contributed by atoms with Crippen molar-refractivity contribution in [3.05, 3.63) is 196 Å². The van der Waals surface area contributed by atoms with E-state index in [0.29, 0.717) is 87.4 Å². The number of halogens is 7. The molecule has 8 unspecified atom stereocenters. The summed E-state index contributed by atoms with van der Waals surface area (Å²) < 4.78 is 29.8. The SMILES string of the molecule is Cc1ccc(C(C)Nc2nc(N3CC(C4CCCN(C5CC(C)(C(=O)O)C5)C4)C3)nc3ccccc23)c(Cl)c1.Cc1ccc(C(C)Nc2nc(N3CC(C4CCCN(C5CC(C)(C(=O)O)C5)C4)C3)ncc2Br)c(Cl)c1.Cc1ccc(C(C)Nc2nc(N3CC(C4CCCN(C5CC(C)(C(=O)O)C5)C4)C3)ncc2F)c(Cl)c1.Cc1ccc(C(C)Nc2nc(N3CC(C4CCCN(CCO)C4)C3)ncc2F)c(Cl)c1. The topological polar surface area (TPSA) is 309 Å². The lowest BCUT2D eigenvalue weighted by Gasteiger charge is -2.52. The minimum absolute atomic E-state index is 0.00361. The van der Waals surface area contributed by atoms with Crippen LogP contribution in [0.1, 0.15) is 207 Å². The Kier molecular flexibility index (Phi) is 32.7. The molecule has 5 aromatic carbocycles. The second-order valence-electron chi connectivity index (χ2n) is 43.6. The van der Waals surface area contributed by atoms with Crippen LogP contribution in [0.5, 0.6) is 0 Å². The van der Waals surface area contributed by atoms with Gasteiger partial charge in [-0.2, -0.15) is 19.9 Å². The lowest BCUT2D eigenvalue weighted by atomic mass is 9.65. The first kappa shape index (κ1) is 104. The Bertz CT molecular complexity index is 5800. The van der Waals surface area contributed by atoms with Crippen LogP contribution in [-0.2, 0) is 14.4 Å². The molecule has 8 aliphatic heterocycles. The summed E-state index contributed by atoms with van der Waals surface area (Å²) in [6.07, 6.45) is 18.6. The standard InChI is InChI=1S/C31H38ClN5O2.C27H35BrClN5O2.C27H35ClFN5O2.C23H31ClFN5O/c1-19-10-11-24(26(32)13-19)20(2)33-28-25-8-4-5-9-27(25)34-30(35-28)37-17-22(18-37)21-7-6-12-36(16-21)23-14-31(3,15-23)29(38)39;1-16-6-7-21(23(29)9-16)17(2)31-24-22(28)12-30-26(32-24)34-14-19(15-34)18-5-4-8-33(13-18)20-10-27(3,11-20)25(35)36;1-16-6-7-21(22(28)9-16)17(2)31-24-23(29)12-30-26(32-24)34-14-19(15-34)18-5-4-8-33(13-18)20-10-27(3,11-20)25(35)36;1-15-5-6-19(20(24)10-15)16(2)27-22-21(25)11-26-23(28-22)30-13-18(14-30)17-4-3-7-29(12-17)8-9-31/h4-5,8-11,13,20-23H,6-7,12,14-18H2,1-3H3,(H,38,39)(H,33,34,35);2*6-7,9,12,17-20H,4-5,8,10-11,13-15H2,1-3H3,(H,35,36)(H,30,31,32);5-6,10-11,16-18,31H,3-4,7-9,12-14H2,1-2H3,(H,26,27,28). The summed E-state index contributed by atoms with van der Waals surface area (Å²) in [6, 6.07) is 33.0. The number of fused-ring (bicyclic) bond motifs is 1. The van der Waals surface area contributed by atoms with Gasteiger partial charge in [0.05, 0.1) is 69.4 Å². The number of para-hydroxylation sites is 1. The first-order chi connectivity index (χ1) is 67.9. The molecule has 0 radical (unpaired) electrons. The molecule has 20 rings (SSSR count). The molecule has 11 aliphatic rings. The number of hydrogen-bond acceptors (Lipinski definition) is 24. The van der Waals surface area contributed by atoms with Gasteiger partial charge in [-0.3, -0.25) is 14.4 Å². The van der Waals surface area contributed by atoms with Gasteiger partial charge in [0, 0.05) is 135 Å². The van der Waals surface area contributed by atoms with Crippen molar-refractivity contribution >= 4 is 138 Å². The maximum Gasteiger partial charge on any atom is 0.309 e. The number of nitrogens with zero attached hydrogens (tertiary/aromatic N) is 16. The summed E-state index contributed by atoms with van der Waals surface area (Å²) >= 11 is 29.4. The number of carbonyl (C=O) groups is 3. The van der Waals surface area contributed by atoms with Crippen molar-refractivity contribution in [3.63, 3.8) is 0 Å². The fraction of sp³-hybridized carbons (Fsp3) is 0.565. The summed E-state index contributed by atoms with van der Waals surface area (Å²) in [5, 5.41) is 54.8. The Labute approximate surface area is 862 Å². The van der Waals surface area contributed by atoms with Gasteiger partial charge < -0.3 is 80.9 Å². The second-order valence-corrected chi connectivity index (χ2v) is 46.1. The van der Waals surface area contributed by atoms with E-state index in [1.165, 1.54) is 57.3 Å². The second kappa shape index (κ2) is 44.6. The van der Waals surface area contributed by atoms with Crippen LogP contribution in [0, 0.1) is 103 Å². The number of anilines is 8. The van der Waals surface area contributed by atoms with Crippen molar-refractivity contribution in [2.75, 3.05) is 159 Å².